The van der Waals surface area contributed by atoms with Crippen molar-refractivity contribution in [2.75, 3.05) is 30.4 Å². The number of carbonyl (C=O) groups excluding carboxylic acids is 1. The third-order valence-electron chi connectivity index (χ3n) is 3.98. The molecule has 0 atom stereocenters. The highest BCUT2D eigenvalue weighted by molar-refractivity contribution is 5.93. The van der Waals surface area contributed by atoms with Gasteiger partial charge in [0.2, 0.25) is 5.91 Å². The van der Waals surface area contributed by atoms with E-state index in [1.54, 1.807) is 0 Å². The zero-order chi connectivity index (χ0) is 19.3. The summed E-state index contributed by atoms with van der Waals surface area (Å²) in [5, 5.41) is 6.00. The van der Waals surface area contributed by atoms with E-state index in [0.29, 0.717) is 13.2 Å². The van der Waals surface area contributed by atoms with E-state index in [-0.39, 0.29) is 12.5 Å². The molecule has 0 saturated carbocycles. The van der Waals surface area contributed by atoms with E-state index in [0.717, 1.165) is 29.3 Å². The Balaban J connectivity index is 1.78. The Labute approximate surface area is 162 Å². The van der Waals surface area contributed by atoms with Crippen molar-refractivity contribution in [2.24, 2.45) is 0 Å². The number of benzene rings is 2. The lowest BCUT2D eigenvalue weighted by Crippen LogP contribution is -2.21. The maximum Gasteiger partial charge on any atom is 0.243 e. The van der Waals surface area contributed by atoms with Gasteiger partial charge in [-0.25, -0.2) is 0 Å². The molecule has 1 amide bonds. The largest absolute Gasteiger partial charge is 0.494 e. The molecule has 0 aromatic heterocycles. The zero-order valence-electron chi connectivity index (χ0n) is 16.3. The molecular weight excluding hydrogens is 340 g/mol. The fourth-order valence-electron chi connectivity index (χ4n) is 2.63. The van der Waals surface area contributed by atoms with E-state index in [2.05, 4.69) is 17.6 Å². The second kappa shape index (κ2) is 11.8. The lowest BCUT2D eigenvalue weighted by molar-refractivity contribution is -0.114. The minimum Gasteiger partial charge on any atom is -0.494 e. The van der Waals surface area contributed by atoms with Crippen molar-refractivity contribution in [2.45, 2.75) is 39.5 Å². The van der Waals surface area contributed by atoms with Gasteiger partial charge in [-0.1, -0.05) is 38.3 Å². The van der Waals surface area contributed by atoms with Gasteiger partial charge in [0.1, 0.15) is 11.5 Å². The van der Waals surface area contributed by atoms with E-state index in [9.17, 15) is 4.79 Å². The van der Waals surface area contributed by atoms with E-state index < -0.39 is 0 Å². The second-order valence-corrected chi connectivity index (χ2v) is 6.30. The smallest absolute Gasteiger partial charge is 0.243 e. The Morgan fingerprint density at radius 3 is 2.33 bits per heavy atom. The first-order valence-electron chi connectivity index (χ1n) is 9.70. The minimum absolute atomic E-state index is 0.114. The van der Waals surface area contributed by atoms with Gasteiger partial charge >= 0.3 is 0 Å². The summed E-state index contributed by atoms with van der Waals surface area (Å²) < 4.78 is 11.2. The fourth-order valence-corrected chi connectivity index (χ4v) is 2.63. The van der Waals surface area contributed by atoms with Gasteiger partial charge < -0.3 is 20.1 Å². The molecule has 2 N–H and O–H groups in total. The van der Waals surface area contributed by atoms with Crippen LogP contribution in [0.3, 0.4) is 0 Å². The number of nitrogens with one attached hydrogen (secondary N) is 2. The van der Waals surface area contributed by atoms with Crippen molar-refractivity contribution >= 4 is 17.3 Å². The van der Waals surface area contributed by atoms with Crippen molar-refractivity contribution in [3.63, 3.8) is 0 Å². The summed E-state index contributed by atoms with van der Waals surface area (Å²) in [6.45, 7) is 5.63. The van der Waals surface area contributed by atoms with Gasteiger partial charge in [-0.15, -0.1) is 0 Å². The van der Waals surface area contributed by atoms with Crippen LogP contribution in [0.25, 0.3) is 0 Å². The van der Waals surface area contributed by atoms with E-state index >= 15 is 0 Å². The zero-order valence-corrected chi connectivity index (χ0v) is 16.3. The molecule has 0 fully saturated rings. The Bertz CT molecular complexity index is 703. The Morgan fingerprint density at radius 2 is 1.59 bits per heavy atom. The Morgan fingerprint density at radius 1 is 0.889 bits per heavy atom. The highest BCUT2D eigenvalue weighted by Gasteiger charge is 2.04. The number of unbranched alkanes of at least 4 members (excludes halogenated alkanes) is 3. The van der Waals surface area contributed by atoms with Crippen molar-refractivity contribution in [1.29, 1.82) is 0 Å². The third-order valence-corrected chi connectivity index (χ3v) is 3.98. The predicted molar refractivity (Wildman–Crippen MR) is 111 cm³/mol. The van der Waals surface area contributed by atoms with Crippen LogP contribution in [-0.4, -0.2) is 25.7 Å². The molecule has 0 aliphatic rings. The molecule has 5 heteroatoms. The van der Waals surface area contributed by atoms with Crippen LogP contribution < -0.4 is 20.1 Å². The minimum atomic E-state index is -0.114. The summed E-state index contributed by atoms with van der Waals surface area (Å²) in [5.74, 6) is 1.45. The van der Waals surface area contributed by atoms with Crippen LogP contribution in [0.5, 0.6) is 11.5 Å². The highest BCUT2D eigenvalue weighted by Crippen LogP contribution is 2.19. The van der Waals surface area contributed by atoms with Crippen molar-refractivity contribution < 1.29 is 14.3 Å². The van der Waals surface area contributed by atoms with Crippen LogP contribution in [-0.2, 0) is 4.79 Å². The average molecular weight is 370 g/mol. The van der Waals surface area contributed by atoms with Gasteiger partial charge in [0.05, 0.1) is 19.8 Å². The molecule has 0 spiro atoms. The molecule has 0 unspecified atom stereocenters. The van der Waals surface area contributed by atoms with Gasteiger partial charge in [-0.3, -0.25) is 4.79 Å². The SMILES string of the molecule is CCCCCCOc1cccc(NC(=O)CNc2cccc(OCC)c2)c1. The molecule has 2 aromatic rings. The first-order chi connectivity index (χ1) is 13.2. The van der Waals surface area contributed by atoms with Crippen LogP contribution in [0, 0.1) is 0 Å². The Kier molecular flexibility index (Phi) is 9.04. The molecule has 0 heterocycles. The van der Waals surface area contributed by atoms with Crippen LogP contribution in [0.15, 0.2) is 48.5 Å². The van der Waals surface area contributed by atoms with Crippen LogP contribution in [0.4, 0.5) is 11.4 Å². The number of hydrogen-bond acceptors (Lipinski definition) is 4. The summed E-state index contributed by atoms with van der Waals surface area (Å²) in [4.78, 5) is 12.2. The quantitative estimate of drug-likeness (QED) is 0.511. The standard InChI is InChI=1S/C22H30N2O3/c1-3-5-6-7-14-27-21-13-9-11-19(16-21)24-22(25)17-23-18-10-8-12-20(15-18)26-4-2/h8-13,15-16,23H,3-7,14,17H2,1-2H3,(H,24,25). The molecular formula is C22H30N2O3. The second-order valence-electron chi connectivity index (χ2n) is 6.30. The third kappa shape index (κ3) is 8.03. The number of anilines is 2. The number of amides is 1. The lowest BCUT2D eigenvalue weighted by Gasteiger charge is -2.11. The van der Waals surface area contributed by atoms with Crippen LogP contribution >= 0.6 is 0 Å². The lowest BCUT2D eigenvalue weighted by atomic mass is 10.2. The van der Waals surface area contributed by atoms with E-state index in [4.69, 9.17) is 9.47 Å². The molecule has 2 aromatic carbocycles. The summed E-state index contributed by atoms with van der Waals surface area (Å²) in [6.07, 6.45) is 4.68. The average Bonchev–Trinajstić information content (AvgIpc) is 2.67. The summed E-state index contributed by atoms with van der Waals surface area (Å²) in [5.41, 5.74) is 1.58. The molecule has 0 bridgehead atoms. The molecule has 0 saturated heterocycles. The number of rotatable bonds is 12. The molecule has 146 valence electrons. The van der Waals surface area contributed by atoms with Crippen molar-refractivity contribution in [1.82, 2.24) is 0 Å². The number of ether oxygens (including phenoxy) is 2. The van der Waals surface area contributed by atoms with Gasteiger partial charge in [-0.05, 0) is 37.6 Å². The van der Waals surface area contributed by atoms with Gasteiger partial charge in [0.15, 0.2) is 0 Å². The normalized spacial score (nSPS) is 10.3. The van der Waals surface area contributed by atoms with Gasteiger partial charge in [-0.2, -0.15) is 0 Å². The number of carbonyl (C=O) groups is 1. The molecule has 0 aliphatic heterocycles. The first kappa shape index (κ1) is 20.6. The summed E-state index contributed by atoms with van der Waals surface area (Å²) in [7, 11) is 0. The fraction of sp³-hybridized carbons (Fsp3) is 0.409. The predicted octanol–water partition coefficient (Wildman–Crippen LogP) is 5.10. The molecule has 0 radical (unpaired) electrons. The van der Waals surface area contributed by atoms with Crippen LogP contribution in [0.1, 0.15) is 39.5 Å². The summed E-state index contributed by atoms with van der Waals surface area (Å²) >= 11 is 0. The number of hydrogen-bond donors (Lipinski definition) is 2. The topological polar surface area (TPSA) is 59.6 Å². The molecule has 27 heavy (non-hydrogen) atoms. The van der Waals surface area contributed by atoms with Crippen LogP contribution in [0.2, 0.25) is 0 Å². The van der Waals surface area contributed by atoms with E-state index in [1.807, 2.05) is 55.5 Å². The molecule has 2 rings (SSSR count). The van der Waals surface area contributed by atoms with Crippen molar-refractivity contribution in [3.05, 3.63) is 48.5 Å². The van der Waals surface area contributed by atoms with Crippen molar-refractivity contribution in [3.8, 4) is 11.5 Å². The highest BCUT2D eigenvalue weighted by atomic mass is 16.5. The maximum atomic E-state index is 12.2. The van der Waals surface area contributed by atoms with Gasteiger partial charge in [0.25, 0.3) is 0 Å². The van der Waals surface area contributed by atoms with E-state index in [1.165, 1.54) is 19.3 Å². The summed E-state index contributed by atoms with van der Waals surface area (Å²) in [6, 6.07) is 15.1. The molecule has 5 nitrogen and oxygen atoms in total. The maximum absolute atomic E-state index is 12.2. The molecule has 0 aliphatic carbocycles. The monoisotopic (exact) mass is 370 g/mol. The van der Waals surface area contributed by atoms with Gasteiger partial charge in [0, 0.05) is 23.5 Å². The first-order valence-corrected chi connectivity index (χ1v) is 9.70. The Hall–Kier alpha value is -2.69.